The van der Waals surface area contributed by atoms with Crippen molar-refractivity contribution in [1.29, 1.82) is 0 Å². The molecule has 0 radical (unpaired) electrons. The third-order valence-electron chi connectivity index (χ3n) is 8.08. The molecule has 4 aromatic rings. The van der Waals surface area contributed by atoms with Gasteiger partial charge in [-0.15, -0.1) is 0 Å². The lowest BCUT2D eigenvalue weighted by Crippen LogP contribution is -2.67. The molecule has 40 heavy (non-hydrogen) atoms. The fourth-order valence-corrected chi connectivity index (χ4v) is 10.9. The smallest absolute Gasteiger partial charge is 0.343 e. The molecule has 0 aliphatic heterocycles. The van der Waals surface area contributed by atoms with Gasteiger partial charge in [0.1, 0.15) is 11.2 Å². The maximum Gasteiger partial charge on any atom is 0.343 e. The van der Waals surface area contributed by atoms with Gasteiger partial charge in [0.2, 0.25) is 5.43 Å². The predicted molar refractivity (Wildman–Crippen MR) is 162 cm³/mol. The van der Waals surface area contributed by atoms with Crippen molar-refractivity contribution in [1.82, 2.24) is 9.55 Å². The van der Waals surface area contributed by atoms with Crippen molar-refractivity contribution < 1.29 is 14.0 Å². The maximum atomic E-state index is 13.1. The first-order valence-corrected chi connectivity index (χ1v) is 16.1. The second kappa shape index (κ2) is 11.5. The van der Waals surface area contributed by atoms with Crippen molar-refractivity contribution in [2.24, 2.45) is 0 Å². The summed E-state index contributed by atoms with van der Waals surface area (Å²) < 4.78 is 14.6. The molecule has 0 spiro atoms. The third kappa shape index (κ3) is 5.16. The van der Waals surface area contributed by atoms with E-state index in [1.165, 1.54) is 10.4 Å². The van der Waals surface area contributed by atoms with Gasteiger partial charge in [0.05, 0.1) is 12.0 Å². The molecule has 2 heterocycles. The van der Waals surface area contributed by atoms with Crippen molar-refractivity contribution in [3.8, 4) is 0 Å². The Labute approximate surface area is 237 Å². The first-order valence-electron chi connectivity index (χ1n) is 14.2. The molecule has 0 N–H and O–H groups in total. The molecule has 0 unspecified atom stereocenters. The second-order valence-electron chi connectivity index (χ2n) is 11.6. The molecule has 5 rings (SSSR count). The molecule has 0 atom stereocenters. The first kappa shape index (κ1) is 28.0. The van der Waals surface area contributed by atoms with E-state index in [0.29, 0.717) is 11.0 Å². The average molecular weight is 555 g/mol. The number of fused-ring (bicyclic) bond motifs is 1. The van der Waals surface area contributed by atoms with Crippen LogP contribution in [0.4, 0.5) is 0 Å². The Hall–Kier alpha value is -3.55. The van der Waals surface area contributed by atoms with Crippen molar-refractivity contribution in [3.05, 3.63) is 101 Å². The van der Waals surface area contributed by atoms with Crippen LogP contribution in [0.1, 0.15) is 69.8 Å². The molecular weight excluding hydrogens is 516 g/mol. The molecule has 2 aromatic heterocycles. The number of aromatic nitrogens is 2. The quantitative estimate of drug-likeness (QED) is 0.219. The summed E-state index contributed by atoms with van der Waals surface area (Å²) in [5.74, 6) is -0.587. The zero-order chi connectivity index (χ0) is 28.3. The van der Waals surface area contributed by atoms with Gasteiger partial charge in [0.15, 0.2) is 0 Å². The zero-order valence-electron chi connectivity index (χ0n) is 23.8. The molecule has 0 amide bonds. The van der Waals surface area contributed by atoms with Crippen LogP contribution in [-0.2, 0) is 9.16 Å². The van der Waals surface area contributed by atoms with E-state index in [4.69, 9.17) is 9.16 Å². The Balaban J connectivity index is 1.47. The molecule has 1 fully saturated rings. The number of pyridine rings is 2. The number of ether oxygens (including phenoxy) is 1. The number of hydrogen-bond acceptors (Lipinski definition) is 5. The molecule has 1 saturated carbocycles. The highest BCUT2D eigenvalue weighted by atomic mass is 28.4. The van der Waals surface area contributed by atoms with E-state index in [-0.39, 0.29) is 34.8 Å². The Morgan fingerprint density at radius 3 is 2.08 bits per heavy atom. The lowest BCUT2D eigenvalue weighted by atomic mass is 9.92. The van der Waals surface area contributed by atoms with E-state index in [0.717, 1.165) is 25.7 Å². The number of benzene rings is 2. The Morgan fingerprint density at radius 1 is 0.925 bits per heavy atom. The summed E-state index contributed by atoms with van der Waals surface area (Å²) in [7, 11) is -2.64. The number of rotatable bonds is 7. The predicted octanol–water partition coefficient (Wildman–Crippen LogP) is 5.63. The normalized spacial score (nSPS) is 18.0. The SMILES string of the molecule is CCOC(=O)c1cn([C@H]2CC[C@H](O[Si](c3ccccc3)(c3ccccc3)C(C)(C)C)CC2)c2ncccc2c1=O. The molecule has 208 valence electrons. The minimum atomic E-state index is -2.64. The summed E-state index contributed by atoms with van der Waals surface area (Å²) in [5.41, 5.74) is 0.339. The first-order chi connectivity index (χ1) is 19.3. The van der Waals surface area contributed by atoms with Crippen molar-refractivity contribution in [2.45, 2.75) is 70.6 Å². The van der Waals surface area contributed by atoms with Gasteiger partial charge in [0.25, 0.3) is 8.32 Å². The highest BCUT2D eigenvalue weighted by Crippen LogP contribution is 2.40. The monoisotopic (exact) mass is 554 g/mol. The van der Waals surface area contributed by atoms with Gasteiger partial charge in [-0.2, -0.15) is 0 Å². The van der Waals surface area contributed by atoms with Crippen LogP contribution in [0.15, 0.2) is 90.0 Å². The highest BCUT2D eigenvalue weighted by molar-refractivity contribution is 6.99. The van der Waals surface area contributed by atoms with E-state index in [2.05, 4.69) is 86.4 Å². The summed E-state index contributed by atoms with van der Waals surface area (Å²) in [6, 6.07) is 25.1. The fraction of sp³-hybridized carbons (Fsp3) is 0.364. The van der Waals surface area contributed by atoms with Gasteiger partial charge in [-0.1, -0.05) is 81.4 Å². The summed E-state index contributed by atoms with van der Waals surface area (Å²) >= 11 is 0. The van der Waals surface area contributed by atoms with Crippen LogP contribution in [0.5, 0.6) is 0 Å². The molecule has 0 bridgehead atoms. The Morgan fingerprint density at radius 2 is 1.52 bits per heavy atom. The summed E-state index contributed by atoms with van der Waals surface area (Å²) in [6.45, 7) is 8.87. The van der Waals surface area contributed by atoms with Crippen LogP contribution in [0.25, 0.3) is 11.0 Å². The van der Waals surface area contributed by atoms with Crippen LogP contribution < -0.4 is 15.8 Å². The molecule has 7 heteroatoms. The average Bonchev–Trinajstić information content (AvgIpc) is 2.97. The van der Waals surface area contributed by atoms with E-state index >= 15 is 0 Å². The zero-order valence-corrected chi connectivity index (χ0v) is 24.8. The van der Waals surface area contributed by atoms with Crippen molar-refractivity contribution >= 4 is 35.7 Å². The van der Waals surface area contributed by atoms with Crippen LogP contribution in [0, 0.1) is 0 Å². The summed E-state index contributed by atoms with van der Waals surface area (Å²) in [5, 5.41) is 2.93. The highest BCUT2D eigenvalue weighted by Gasteiger charge is 2.51. The standard InChI is InChI=1S/C33H38N2O4Si/c1-5-38-32(37)29-23-35(31-28(30(29)36)17-12-22-34-31)24-18-20-25(21-19-24)39-40(33(2,3)4,26-13-8-6-9-14-26)27-15-10-7-11-16-27/h6-17,22-25H,5,18-21H2,1-4H3/t24-,25-. The van der Waals surface area contributed by atoms with E-state index < -0.39 is 14.3 Å². The molecule has 1 aliphatic carbocycles. The fourth-order valence-electron chi connectivity index (χ4n) is 6.20. The molecular formula is C33H38N2O4Si. The molecule has 1 aliphatic rings. The lowest BCUT2D eigenvalue weighted by molar-refractivity contribution is 0.0523. The summed E-state index contributed by atoms with van der Waals surface area (Å²) in [6.07, 6.45) is 6.93. The Bertz CT molecular complexity index is 1480. The van der Waals surface area contributed by atoms with Gasteiger partial charge < -0.3 is 13.7 Å². The van der Waals surface area contributed by atoms with E-state index in [1.54, 1.807) is 31.5 Å². The van der Waals surface area contributed by atoms with Gasteiger partial charge >= 0.3 is 5.97 Å². The minimum absolute atomic E-state index is 0.0630. The van der Waals surface area contributed by atoms with Gasteiger partial charge in [-0.05, 0) is 60.2 Å². The lowest BCUT2D eigenvalue weighted by Gasteiger charge is -2.46. The number of hydrogen-bond donors (Lipinski definition) is 0. The topological polar surface area (TPSA) is 70.4 Å². The van der Waals surface area contributed by atoms with E-state index in [9.17, 15) is 9.59 Å². The van der Waals surface area contributed by atoms with Crippen LogP contribution in [0.2, 0.25) is 5.04 Å². The Kier molecular flexibility index (Phi) is 8.06. The van der Waals surface area contributed by atoms with Crippen molar-refractivity contribution in [3.63, 3.8) is 0 Å². The largest absolute Gasteiger partial charge is 0.462 e. The van der Waals surface area contributed by atoms with Gasteiger partial charge in [0, 0.05) is 24.5 Å². The van der Waals surface area contributed by atoms with Crippen LogP contribution in [0.3, 0.4) is 0 Å². The number of carbonyl (C=O) groups is 1. The van der Waals surface area contributed by atoms with Crippen LogP contribution in [-0.4, -0.2) is 36.5 Å². The maximum absolute atomic E-state index is 13.1. The van der Waals surface area contributed by atoms with Crippen molar-refractivity contribution in [2.75, 3.05) is 6.61 Å². The number of nitrogens with zero attached hydrogens (tertiary/aromatic N) is 2. The van der Waals surface area contributed by atoms with Crippen LogP contribution >= 0.6 is 0 Å². The second-order valence-corrected chi connectivity index (χ2v) is 15.8. The molecule has 2 aromatic carbocycles. The third-order valence-corrected chi connectivity index (χ3v) is 13.2. The number of carbonyl (C=O) groups excluding carboxylic acids is 1. The van der Waals surface area contributed by atoms with Gasteiger partial charge in [-0.3, -0.25) is 4.79 Å². The van der Waals surface area contributed by atoms with E-state index in [1.807, 2.05) is 4.57 Å². The molecule has 0 saturated heterocycles. The molecule has 6 nitrogen and oxygen atoms in total. The van der Waals surface area contributed by atoms with Gasteiger partial charge in [-0.25, -0.2) is 9.78 Å². The minimum Gasteiger partial charge on any atom is -0.462 e. The number of esters is 1. The summed E-state index contributed by atoms with van der Waals surface area (Å²) in [4.78, 5) is 30.3.